The number of hydrogen-bond donors (Lipinski definition) is 2. The van der Waals surface area contributed by atoms with Gasteiger partial charge >= 0.3 is 0 Å². The van der Waals surface area contributed by atoms with Gasteiger partial charge in [-0.1, -0.05) is 12.1 Å². The van der Waals surface area contributed by atoms with Crippen molar-refractivity contribution >= 4 is 5.91 Å². The van der Waals surface area contributed by atoms with Gasteiger partial charge in [0, 0.05) is 25.5 Å². The zero-order chi connectivity index (χ0) is 21.8. The topological polar surface area (TPSA) is 113 Å². The highest BCUT2D eigenvalue weighted by atomic mass is 16.5. The van der Waals surface area contributed by atoms with E-state index in [9.17, 15) is 9.90 Å². The predicted molar refractivity (Wildman–Crippen MR) is 114 cm³/mol. The Morgan fingerprint density at radius 2 is 1.97 bits per heavy atom. The lowest BCUT2D eigenvalue weighted by molar-refractivity contribution is 0.0538. The van der Waals surface area contributed by atoms with E-state index in [4.69, 9.17) is 10.00 Å². The summed E-state index contributed by atoms with van der Waals surface area (Å²) in [5, 5.41) is 26.8. The first kappa shape index (κ1) is 20.6. The molecule has 0 aliphatic carbocycles. The van der Waals surface area contributed by atoms with E-state index in [1.807, 2.05) is 6.92 Å². The van der Waals surface area contributed by atoms with Crippen molar-refractivity contribution in [2.45, 2.75) is 25.8 Å². The van der Waals surface area contributed by atoms with E-state index >= 15 is 0 Å². The fourth-order valence-corrected chi connectivity index (χ4v) is 3.71. The van der Waals surface area contributed by atoms with E-state index in [-0.39, 0.29) is 17.8 Å². The van der Waals surface area contributed by atoms with Crippen LogP contribution in [0.25, 0.3) is 16.9 Å². The minimum Gasteiger partial charge on any atom is -0.493 e. The number of rotatable bonds is 5. The average Bonchev–Trinajstić information content (AvgIpc) is 3.21. The Balaban J connectivity index is 1.47. The summed E-state index contributed by atoms with van der Waals surface area (Å²) >= 11 is 0. The standard InChI is InChI=1S/C23H23N5O3/c1-15(17-8-10-31-11-9-17)27-22(29)19-6-7-21(25-13-19)28-23(30)20(14-26-28)18-4-2-16(12-24)3-5-18/h2-7,13-15,17,30H,8-11H2,1H3,(H,27,29). The van der Waals surface area contributed by atoms with Crippen molar-refractivity contribution in [1.82, 2.24) is 20.1 Å². The van der Waals surface area contributed by atoms with Crippen LogP contribution in [0.2, 0.25) is 0 Å². The molecular formula is C23H23N5O3. The lowest BCUT2D eigenvalue weighted by Crippen LogP contribution is -2.40. The molecule has 8 nitrogen and oxygen atoms in total. The summed E-state index contributed by atoms with van der Waals surface area (Å²) in [7, 11) is 0. The number of aromatic hydroxyl groups is 1. The van der Waals surface area contributed by atoms with Gasteiger partial charge in [0.2, 0.25) is 5.88 Å². The third kappa shape index (κ3) is 4.42. The molecule has 2 aromatic heterocycles. The summed E-state index contributed by atoms with van der Waals surface area (Å²) < 4.78 is 6.69. The van der Waals surface area contributed by atoms with Gasteiger partial charge in [-0.25, -0.2) is 4.98 Å². The Bertz CT molecular complexity index is 1090. The van der Waals surface area contributed by atoms with Gasteiger partial charge in [-0.15, -0.1) is 0 Å². The van der Waals surface area contributed by atoms with E-state index in [0.29, 0.717) is 28.4 Å². The molecule has 4 rings (SSSR count). The first-order valence-corrected chi connectivity index (χ1v) is 10.2. The minimum absolute atomic E-state index is 0.0567. The van der Waals surface area contributed by atoms with E-state index in [1.165, 1.54) is 17.1 Å². The molecule has 8 heteroatoms. The van der Waals surface area contributed by atoms with E-state index in [1.54, 1.807) is 36.4 Å². The minimum atomic E-state index is -0.180. The number of amides is 1. The van der Waals surface area contributed by atoms with Crippen molar-refractivity contribution in [3.05, 3.63) is 59.9 Å². The van der Waals surface area contributed by atoms with Crippen LogP contribution in [0, 0.1) is 17.2 Å². The van der Waals surface area contributed by atoms with Crippen LogP contribution in [0.1, 0.15) is 35.7 Å². The molecule has 0 bridgehead atoms. The molecular weight excluding hydrogens is 394 g/mol. The first-order valence-electron chi connectivity index (χ1n) is 10.2. The fourth-order valence-electron chi connectivity index (χ4n) is 3.71. The number of nitriles is 1. The Morgan fingerprint density at radius 3 is 2.61 bits per heavy atom. The zero-order valence-electron chi connectivity index (χ0n) is 17.2. The molecule has 1 aliphatic rings. The predicted octanol–water partition coefficient (Wildman–Crippen LogP) is 3.06. The summed E-state index contributed by atoms with van der Waals surface area (Å²) in [6.45, 7) is 3.49. The normalized spacial score (nSPS) is 15.2. The fraction of sp³-hybridized carbons (Fsp3) is 0.304. The van der Waals surface area contributed by atoms with Crippen LogP contribution in [-0.2, 0) is 4.74 Å². The van der Waals surface area contributed by atoms with Crippen LogP contribution in [-0.4, -0.2) is 45.0 Å². The molecule has 1 aliphatic heterocycles. The van der Waals surface area contributed by atoms with Crippen LogP contribution in [0.5, 0.6) is 5.88 Å². The molecule has 0 radical (unpaired) electrons. The van der Waals surface area contributed by atoms with Gasteiger partial charge in [0.25, 0.3) is 5.91 Å². The number of pyridine rings is 1. The molecule has 1 unspecified atom stereocenters. The number of aromatic nitrogens is 3. The number of nitrogens with one attached hydrogen (secondary N) is 1. The Morgan fingerprint density at radius 1 is 1.23 bits per heavy atom. The van der Waals surface area contributed by atoms with E-state index in [0.717, 1.165) is 31.6 Å². The van der Waals surface area contributed by atoms with Gasteiger partial charge in [-0.05, 0) is 55.5 Å². The molecule has 0 saturated carbocycles. The summed E-state index contributed by atoms with van der Waals surface area (Å²) in [5.41, 5.74) is 2.25. The maximum Gasteiger partial charge on any atom is 0.253 e. The Labute approximate surface area is 180 Å². The summed E-state index contributed by atoms with van der Waals surface area (Å²) in [6.07, 6.45) is 4.90. The number of benzene rings is 1. The molecule has 1 atom stereocenters. The maximum absolute atomic E-state index is 12.6. The number of hydrogen-bond acceptors (Lipinski definition) is 6. The third-order valence-corrected chi connectivity index (χ3v) is 5.63. The second-order valence-electron chi connectivity index (χ2n) is 7.60. The maximum atomic E-state index is 12.6. The lowest BCUT2D eigenvalue weighted by Gasteiger charge is -2.28. The van der Waals surface area contributed by atoms with Crippen LogP contribution in [0.3, 0.4) is 0 Å². The van der Waals surface area contributed by atoms with E-state index < -0.39 is 0 Å². The Hall–Kier alpha value is -3.70. The van der Waals surface area contributed by atoms with Gasteiger partial charge < -0.3 is 15.2 Å². The molecule has 3 heterocycles. The zero-order valence-corrected chi connectivity index (χ0v) is 17.2. The highest BCUT2D eigenvalue weighted by Gasteiger charge is 2.22. The molecule has 3 aromatic rings. The van der Waals surface area contributed by atoms with Crippen molar-refractivity contribution in [2.75, 3.05) is 13.2 Å². The quantitative estimate of drug-likeness (QED) is 0.660. The number of carbonyl (C=O) groups is 1. The van der Waals surface area contributed by atoms with Crippen LogP contribution in [0.4, 0.5) is 0 Å². The first-order chi connectivity index (χ1) is 15.1. The van der Waals surface area contributed by atoms with Gasteiger partial charge in [-0.2, -0.15) is 15.0 Å². The van der Waals surface area contributed by atoms with Gasteiger partial charge in [-0.3, -0.25) is 4.79 Å². The summed E-state index contributed by atoms with van der Waals surface area (Å²) in [5.74, 6) is 0.557. The van der Waals surface area contributed by atoms with Crippen molar-refractivity contribution in [3.8, 4) is 28.9 Å². The SMILES string of the molecule is CC(NC(=O)c1ccc(-n2ncc(-c3ccc(C#N)cc3)c2O)nc1)C1CCOCC1. The van der Waals surface area contributed by atoms with Gasteiger partial charge in [0.05, 0.1) is 29.0 Å². The van der Waals surface area contributed by atoms with Crippen LogP contribution in [0.15, 0.2) is 48.8 Å². The van der Waals surface area contributed by atoms with Gasteiger partial charge in [0.15, 0.2) is 5.82 Å². The lowest BCUT2D eigenvalue weighted by atomic mass is 9.93. The molecule has 1 amide bonds. The molecule has 31 heavy (non-hydrogen) atoms. The molecule has 1 saturated heterocycles. The van der Waals surface area contributed by atoms with Gasteiger partial charge in [0.1, 0.15) is 0 Å². The van der Waals surface area contributed by atoms with Crippen molar-refractivity contribution in [2.24, 2.45) is 5.92 Å². The number of nitrogens with zero attached hydrogens (tertiary/aromatic N) is 4. The monoisotopic (exact) mass is 417 g/mol. The van der Waals surface area contributed by atoms with Crippen LogP contribution < -0.4 is 5.32 Å². The molecule has 1 fully saturated rings. The van der Waals surface area contributed by atoms with Crippen molar-refractivity contribution < 1.29 is 14.6 Å². The van der Waals surface area contributed by atoms with E-state index in [2.05, 4.69) is 21.5 Å². The largest absolute Gasteiger partial charge is 0.493 e. The summed E-state index contributed by atoms with van der Waals surface area (Å²) in [4.78, 5) is 16.9. The highest BCUT2D eigenvalue weighted by molar-refractivity contribution is 5.94. The third-order valence-electron chi connectivity index (χ3n) is 5.63. The molecule has 1 aromatic carbocycles. The smallest absolute Gasteiger partial charge is 0.253 e. The summed E-state index contributed by atoms with van der Waals surface area (Å²) in [6, 6.07) is 12.3. The van der Waals surface area contributed by atoms with Crippen LogP contribution >= 0.6 is 0 Å². The van der Waals surface area contributed by atoms with Crippen molar-refractivity contribution in [1.29, 1.82) is 5.26 Å². The second-order valence-corrected chi connectivity index (χ2v) is 7.60. The number of ether oxygens (including phenoxy) is 1. The molecule has 158 valence electrons. The highest BCUT2D eigenvalue weighted by Crippen LogP contribution is 2.30. The van der Waals surface area contributed by atoms with Crippen molar-refractivity contribution in [3.63, 3.8) is 0 Å². The number of carbonyl (C=O) groups excluding carboxylic acids is 1. The average molecular weight is 417 g/mol. The Kier molecular flexibility index (Phi) is 5.96. The molecule has 0 spiro atoms. The second kappa shape index (κ2) is 8.98. The molecule has 2 N–H and O–H groups in total.